The number of aromatic nitrogens is 1. The highest BCUT2D eigenvalue weighted by atomic mass is 19.1. The van der Waals surface area contributed by atoms with E-state index in [0.717, 1.165) is 12.1 Å². The van der Waals surface area contributed by atoms with Gasteiger partial charge in [-0.2, -0.15) is 0 Å². The lowest BCUT2D eigenvalue weighted by Crippen LogP contribution is -1.95. The second-order valence-electron chi connectivity index (χ2n) is 4.89. The summed E-state index contributed by atoms with van der Waals surface area (Å²) in [6.07, 6.45) is 0. The zero-order valence-electron chi connectivity index (χ0n) is 12.7. The highest BCUT2D eigenvalue weighted by Crippen LogP contribution is 2.33. The molecule has 6 heteroatoms. The van der Waals surface area contributed by atoms with Gasteiger partial charge >= 0.3 is 0 Å². The second-order valence-corrected chi connectivity index (χ2v) is 4.89. The normalized spacial score (nSPS) is 10.5. The Morgan fingerprint density at radius 1 is 0.958 bits per heavy atom. The smallest absolute Gasteiger partial charge is 0.219 e. The van der Waals surface area contributed by atoms with Gasteiger partial charge < -0.3 is 14.6 Å². The van der Waals surface area contributed by atoms with Gasteiger partial charge in [0.15, 0.2) is 11.6 Å². The van der Waals surface area contributed by atoms with Gasteiger partial charge in [-0.3, -0.25) is 0 Å². The Bertz CT molecular complexity index is 884. The third kappa shape index (κ3) is 3.12. The molecule has 3 rings (SSSR count). The van der Waals surface area contributed by atoms with Crippen LogP contribution in [0.1, 0.15) is 0 Å². The number of halogens is 2. The van der Waals surface area contributed by atoms with Crippen molar-refractivity contribution < 1.29 is 23.4 Å². The van der Waals surface area contributed by atoms with E-state index in [4.69, 9.17) is 9.47 Å². The Morgan fingerprint density at radius 2 is 1.75 bits per heavy atom. The van der Waals surface area contributed by atoms with Crippen LogP contribution in [0.5, 0.6) is 23.1 Å². The van der Waals surface area contributed by atoms with E-state index in [9.17, 15) is 13.9 Å². The van der Waals surface area contributed by atoms with Crippen LogP contribution < -0.4 is 9.47 Å². The van der Waals surface area contributed by atoms with Crippen molar-refractivity contribution in [2.45, 2.75) is 0 Å². The molecule has 0 aliphatic carbocycles. The first-order chi connectivity index (χ1) is 11.6. The van der Waals surface area contributed by atoms with Crippen LogP contribution in [0.25, 0.3) is 11.3 Å². The van der Waals surface area contributed by atoms with E-state index in [2.05, 4.69) is 4.98 Å². The summed E-state index contributed by atoms with van der Waals surface area (Å²) in [5.41, 5.74) is 0.543. The second kappa shape index (κ2) is 6.54. The zero-order chi connectivity index (χ0) is 17.1. The third-order valence-electron chi connectivity index (χ3n) is 3.31. The maximum atomic E-state index is 14.1. The molecule has 122 valence electrons. The Labute approximate surface area is 136 Å². The summed E-state index contributed by atoms with van der Waals surface area (Å²) < 4.78 is 37.9. The minimum absolute atomic E-state index is 0.170. The summed E-state index contributed by atoms with van der Waals surface area (Å²) in [5, 5.41) is 9.37. The first-order valence-electron chi connectivity index (χ1n) is 7.05. The van der Waals surface area contributed by atoms with E-state index in [1.54, 1.807) is 30.3 Å². The predicted octanol–water partition coefficient (Wildman–Crippen LogP) is 4.53. The van der Waals surface area contributed by atoms with Crippen LogP contribution in [0.3, 0.4) is 0 Å². The molecule has 1 aromatic heterocycles. The molecule has 0 spiro atoms. The minimum atomic E-state index is -0.750. The molecule has 0 aliphatic rings. The molecule has 1 N–H and O–H groups in total. The van der Waals surface area contributed by atoms with E-state index in [1.807, 2.05) is 0 Å². The van der Waals surface area contributed by atoms with Gasteiger partial charge in [0.05, 0.1) is 18.4 Å². The Morgan fingerprint density at radius 3 is 2.50 bits per heavy atom. The average molecular weight is 329 g/mol. The molecule has 1 heterocycles. The van der Waals surface area contributed by atoms with Crippen LogP contribution >= 0.6 is 0 Å². The molecule has 0 radical (unpaired) electrons. The summed E-state index contributed by atoms with van der Waals surface area (Å²) in [4.78, 5) is 4.24. The minimum Gasteiger partial charge on any atom is -0.505 e. The number of pyridine rings is 1. The van der Waals surface area contributed by atoms with Crippen LogP contribution in [0.15, 0.2) is 54.6 Å². The van der Waals surface area contributed by atoms with Crippen molar-refractivity contribution in [3.63, 3.8) is 0 Å². The summed E-state index contributed by atoms with van der Waals surface area (Å²) in [7, 11) is 1.44. The first kappa shape index (κ1) is 15.7. The fourth-order valence-corrected chi connectivity index (χ4v) is 2.21. The van der Waals surface area contributed by atoms with Crippen molar-refractivity contribution in [3.05, 3.63) is 66.2 Å². The Hall–Kier alpha value is -3.15. The molecule has 0 saturated heterocycles. The lowest BCUT2D eigenvalue weighted by atomic mass is 10.1. The predicted molar refractivity (Wildman–Crippen MR) is 84.3 cm³/mol. The summed E-state index contributed by atoms with van der Waals surface area (Å²) in [6, 6.07) is 12.9. The van der Waals surface area contributed by atoms with Crippen molar-refractivity contribution in [2.24, 2.45) is 0 Å². The largest absolute Gasteiger partial charge is 0.505 e. The highest BCUT2D eigenvalue weighted by molar-refractivity contribution is 5.68. The van der Waals surface area contributed by atoms with E-state index in [1.165, 1.54) is 19.2 Å². The topological polar surface area (TPSA) is 51.6 Å². The van der Waals surface area contributed by atoms with Crippen LogP contribution in [0, 0.1) is 11.6 Å². The van der Waals surface area contributed by atoms with Crippen LogP contribution in [-0.2, 0) is 0 Å². The van der Waals surface area contributed by atoms with Gasteiger partial charge in [0.1, 0.15) is 17.3 Å². The number of nitrogens with zero attached hydrogens (tertiary/aromatic N) is 1. The quantitative estimate of drug-likeness (QED) is 0.764. The molecule has 0 amide bonds. The van der Waals surface area contributed by atoms with Crippen molar-refractivity contribution in [2.75, 3.05) is 7.11 Å². The zero-order valence-corrected chi connectivity index (χ0v) is 12.7. The fourth-order valence-electron chi connectivity index (χ4n) is 2.21. The van der Waals surface area contributed by atoms with Crippen LogP contribution in [0.2, 0.25) is 0 Å². The number of hydrogen-bond donors (Lipinski definition) is 1. The maximum absolute atomic E-state index is 14.1. The van der Waals surface area contributed by atoms with Crippen molar-refractivity contribution in [1.29, 1.82) is 0 Å². The van der Waals surface area contributed by atoms with Gasteiger partial charge in [0, 0.05) is 12.1 Å². The van der Waals surface area contributed by atoms with E-state index < -0.39 is 17.4 Å². The fraction of sp³-hybridized carbons (Fsp3) is 0.0556. The number of phenolic OH excluding ortho intramolecular Hbond substituents is 1. The van der Waals surface area contributed by atoms with Crippen molar-refractivity contribution in [3.8, 4) is 34.4 Å². The first-order valence-corrected chi connectivity index (χ1v) is 7.05. The number of methoxy groups -OCH3 is 1. The molecular weight excluding hydrogens is 316 g/mol. The third-order valence-corrected chi connectivity index (χ3v) is 3.31. The summed E-state index contributed by atoms with van der Waals surface area (Å²) in [6.45, 7) is 0. The van der Waals surface area contributed by atoms with Gasteiger partial charge in [-0.25, -0.2) is 13.8 Å². The molecule has 3 aromatic rings. The van der Waals surface area contributed by atoms with E-state index in [0.29, 0.717) is 11.4 Å². The molecule has 0 saturated carbocycles. The molecular formula is C18H13F2NO3. The van der Waals surface area contributed by atoms with Gasteiger partial charge in [0.25, 0.3) is 0 Å². The van der Waals surface area contributed by atoms with Gasteiger partial charge in [-0.1, -0.05) is 12.1 Å². The number of phenols is 1. The molecule has 0 bridgehead atoms. The molecule has 0 unspecified atom stereocenters. The summed E-state index contributed by atoms with van der Waals surface area (Å²) >= 11 is 0. The molecule has 0 atom stereocenters. The maximum Gasteiger partial charge on any atom is 0.219 e. The van der Waals surface area contributed by atoms with E-state index >= 15 is 0 Å². The molecule has 4 nitrogen and oxygen atoms in total. The monoisotopic (exact) mass is 329 g/mol. The average Bonchev–Trinajstić information content (AvgIpc) is 2.58. The SMILES string of the molecule is COc1cccc(F)c1-c1cccc(Oc2ccc(F)c(O)c2)n1. The molecule has 24 heavy (non-hydrogen) atoms. The molecule has 0 fully saturated rings. The number of rotatable bonds is 4. The van der Waals surface area contributed by atoms with Crippen LogP contribution in [0.4, 0.5) is 8.78 Å². The number of benzene rings is 2. The van der Waals surface area contributed by atoms with Gasteiger partial charge in [-0.15, -0.1) is 0 Å². The lowest BCUT2D eigenvalue weighted by Gasteiger charge is -2.11. The molecule has 2 aromatic carbocycles. The van der Waals surface area contributed by atoms with Gasteiger partial charge in [0.2, 0.25) is 5.88 Å². The number of hydrogen-bond acceptors (Lipinski definition) is 4. The van der Waals surface area contributed by atoms with Crippen molar-refractivity contribution in [1.82, 2.24) is 4.98 Å². The summed E-state index contributed by atoms with van der Waals surface area (Å²) in [5.74, 6) is -1.03. The lowest BCUT2D eigenvalue weighted by molar-refractivity contribution is 0.412. The Balaban J connectivity index is 1.96. The van der Waals surface area contributed by atoms with Gasteiger partial charge in [-0.05, 0) is 30.3 Å². The van der Waals surface area contributed by atoms with Crippen LogP contribution in [-0.4, -0.2) is 17.2 Å². The number of aromatic hydroxyl groups is 1. The van der Waals surface area contributed by atoms with Crippen molar-refractivity contribution >= 4 is 0 Å². The molecule has 0 aliphatic heterocycles. The standard InChI is InChI=1S/C18H13F2NO3/c1-23-16-6-2-4-13(20)18(16)14-5-3-7-17(21-14)24-11-8-9-12(19)15(22)10-11/h2-10,22H,1H3. The van der Waals surface area contributed by atoms with E-state index in [-0.39, 0.29) is 17.2 Å². The highest BCUT2D eigenvalue weighted by Gasteiger charge is 2.14. The Kier molecular flexibility index (Phi) is 4.29. The number of ether oxygens (including phenoxy) is 2.